The highest BCUT2D eigenvalue weighted by Crippen LogP contribution is 2.67. The second-order valence-electron chi connectivity index (χ2n) is 5.49. The molecule has 0 aromatic heterocycles. The molecule has 2 aliphatic rings. The van der Waals surface area contributed by atoms with E-state index in [1.54, 1.807) is 0 Å². The van der Waals surface area contributed by atoms with E-state index in [1.807, 2.05) is 0 Å². The lowest BCUT2D eigenvalue weighted by atomic mass is 9.67. The van der Waals surface area contributed by atoms with Crippen LogP contribution in [0.4, 0.5) is 0 Å². The van der Waals surface area contributed by atoms with E-state index < -0.39 is 0 Å². The van der Waals surface area contributed by atoms with Gasteiger partial charge in [-0.3, -0.25) is 0 Å². The maximum absolute atomic E-state index is 9.29. The number of aliphatic hydroxyl groups is 1. The molecule has 0 aromatic rings. The van der Waals surface area contributed by atoms with E-state index in [2.05, 4.69) is 20.8 Å². The highest BCUT2D eigenvalue weighted by molar-refractivity contribution is 5.09. The van der Waals surface area contributed by atoms with Gasteiger partial charge in [0.25, 0.3) is 0 Å². The number of aliphatic hydroxyl groups excluding tert-OH is 1. The highest BCUT2D eigenvalue weighted by atomic mass is 16.3. The average Bonchev–Trinajstić information content (AvgIpc) is 2.34. The zero-order chi connectivity index (χ0) is 8.98. The van der Waals surface area contributed by atoms with E-state index in [9.17, 15) is 5.11 Å². The first kappa shape index (κ1) is 8.55. The lowest BCUT2D eigenvalue weighted by molar-refractivity contribution is 0.0625. The van der Waals surface area contributed by atoms with Crippen molar-refractivity contribution in [3.8, 4) is 0 Å². The predicted octanol–water partition coefficient (Wildman–Crippen LogP) is 2.44. The minimum atomic E-state index is 0.399. The summed E-state index contributed by atoms with van der Waals surface area (Å²) in [5, 5.41) is 9.29. The third-order valence-electron chi connectivity index (χ3n) is 5.20. The quantitative estimate of drug-likeness (QED) is 0.637. The van der Waals surface area contributed by atoms with Gasteiger partial charge in [-0.15, -0.1) is 0 Å². The molecule has 2 unspecified atom stereocenters. The third kappa shape index (κ3) is 0.736. The Morgan fingerprint density at radius 2 is 2.00 bits per heavy atom. The molecule has 2 aliphatic carbocycles. The number of hydrogen-bond acceptors (Lipinski definition) is 1. The van der Waals surface area contributed by atoms with Crippen molar-refractivity contribution in [3.05, 3.63) is 0 Å². The molecule has 1 nitrogen and oxygen atoms in total. The Morgan fingerprint density at radius 1 is 1.33 bits per heavy atom. The Bertz CT molecular complexity index is 197. The van der Waals surface area contributed by atoms with Crippen LogP contribution in [-0.2, 0) is 0 Å². The van der Waals surface area contributed by atoms with Crippen molar-refractivity contribution in [1.82, 2.24) is 0 Å². The second-order valence-corrected chi connectivity index (χ2v) is 5.49. The smallest absolute Gasteiger partial charge is 0.0464 e. The van der Waals surface area contributed by atoms with Crippen molar-refractivity contribution in [1.29, 1.82) is 0 Å². The van der Waals surface area contributed by atoms with E-state index in [0.717, 1.165) is 5.92 Å². The van der Waals surface area contributed by atoms with Crippen molar-refractivity contribution >= 4 is 0 Å². The molecule has 0 aliphatic heterocycles. The molecule has 0 aromatic carbocycles. The molecule has 70 valence electrons. The molecule has 0 radical (unpaired) electrons. The molecule has 2 fully saturated rings. The van der Waals surface area contributed by atoms with Crippen LogP contribution in [-0.4, -0.2) is 11.7 Å². The Morgan fingerprint density at radius 3 is 2.25 bits per heavy atom. The van der Waals surface area contributed by atoms with Gasteiger partial charge in [0.05, 0.1) is 0 Å². The largest absolute Gasteiger partial charge is 0.396 e. The van der Waals surface area contributed by atoms with Crippen LogP contribution >= 0.6 is 0 Å². The number of fused-ring (bicyclic) bond motifs is 2. The summed E-state index contributed by atoms with van der Waals surface area (Å²) in [4.78, 5) is 0. The Hall–Kier alpha value is -0.0400. The van der Waals surface area contributed by atoms with Crippen LogP contribution in [0.1, 0.15) is 40.0 Å². The lowest BCUT2D eigenvalue weighted by Crippen LogP contribution is -2.33. The Kier molecular flexibility index (Phi) is 1.61. The zero-order valence-electron chi connectivity index (χ0n) is 8.43. The topological polar surface area (TPSA) is 20.2 Å². The van der Waals surface area contributed by atoms with Gasteiger partial charge in [0.1, 0.15) is 0 Å². The van der Waals surface area contributed by atoms with Crippen LogP contribution in [0.3, 0.4) is 0 Å². The first-order valence-electron chi connectivity index (χ1n) is 5.13. The molecular formula is C11H20O. The van der Waals surface area contributed by atoms with Gasteiger partial charge < -0.3 is 5.11 Å². The summed E-state index contributed by atoms with van der Waals surface area (Å²) in [6, 6.07) is 0. The Labute approximate surface area is 75.2 Å². The highest BCUT2D eigenvalue weighted by Gasteiger charge is 2.60. The molecule has 12 heavy (non-hydrogen) atoms. The predicted molar refractivity (Wildman–Crippen MR) is 49.8 cm³/mol. The van der Waals surface area contributed by atoms with Crippen molar-refractivity contribution in [2.45, 2.75) is 40.0 Å². The van der Waals surface area contributed by atoms with E-state index >= 15 is 0 Å². The van der Waals surface area contributed by atoms with E-state index in [1.165, 1.54) is 19.3 Å². The average molecular weight is 168 g/mol. The van der Waals surface area contributed by atoms with Crippen LogP contribution in [0.25, 0.3) is 0 Å². The summed E-state index contributed by atoms with van der Waals surface area (Å²) < 4.78 is 0. The fourth-order valence-electron chi connectivity index (χ4n) is 3.65. The van der Waals surface area contributed by atoms with Crippen LogP contribution in [0.5, 0.6) is 0 Å². The first-order chi connectivity index (χ1) is 5.52. The van der Waals surface area contributed by atoms with Crippen LogP contribution in [0.2, 0.25) is 0 Å². The lowest BCUT2D eigenvalue weighted by Gasteiger charge is -2.38. The van der Waals surface area contributed by atoms with E-state index in [4.69, 9.17) is 0 Å². The number of rotatable bonds is 1. The van der Waals surface area contributed by atoms with Gasteiger partial charge in [-0.1, -0.05) is 20.8 Å². The van der Waals surface area contributed by atoms with Crippen LogP contribution in [0.15, 0.2) is 0 Å². The monoisotopic (exact) mass is 168 g/mol. The molecule has 0 amide bonds. The van der Waals surface area contributed by atoms with Gasteiger partial charge in [0.15, 0.2) is 0 Å². The molecule has 0 heterocycles. The normalized spacial score (nSPS) is 50.0. The van der Waals surface area contributed by atoms with Gasteiger partial charge in [0.2, 0.25) is 0 Å². The summed E-state index contributed by atoms with van der Waals surface area (Å²) >= 11 is 0. The number of hydrogen-bond donors (Lipinski definition) is 1. The summed E-state index contributed by atoms with van der Waals surface area (Å²) in [5.41, 5.74) is 0.896. The van der Waals surface area contributed by atoms with Crippen molar-refractivity contribution in [3.63, 3.8) is 0 Å². The molecule has 1 N–H and O–H groups in total. The molecular weight excluding hydrogens is 148 g/mol. The van der Waals surface area contributed by atoms with Gasteiger partial charge in [0, 0.05) is 6.61 Å². The van der Waals surface area contributed by atoms with Crippen molar-refractivity contribution in [2.75, 3.05) is 6.61 Å². The molecule has 2 saturated carbocycles. The van der Waals surface area contributed by atoms with Gasteiger partial charge in [-0.2, -0.15) is 0 Å². The van der Waals surface area contributed by atoms with Gasteiger partial charge >= 0.3 is 0 Å². The molecule has 1 heteroatoms. The third-order valence-corrected chi connectivity index (χ3v) is 5.20. The van der Waals surface area contributed by atoms with Gasteiger partial charge in [-0.25, -0.2) is 0 Å². The van der Waals surface area contributed by atoms with Gasteiger partial charge in [-0.05, 0) is 41.9 Å². The fraction of sp³-hybridized carbons (Fsp3) is 1.00. The molecule has 2 rings (SSSR count). The molecule has 3 atom stereocenters. The summed E-state index contributed by atoms with van der Waals surface area (Å²) in [5.74, 6) is 1.45. The van der Waals surface area contributed by atoms with Crippen molar-refractivity contribution in [2.24, 2.45) is 22.7 Å². The van der Waals surface area contributed by atoms with Crippen LogP contribution in [0, 0.1) is 22.7 Å². The van der Waals surface area contributed by atoms with Crippen LogP contribution < -0.4 is 0 Å². The molecule has 0 spiro atoms. The first-order valence-corrected chi connectivity index (χ1v) is 5.13. The summed E-state index contributed by atoms with van der Waals surface area (Å²) in [6.07, 6.45) is 3.98. The Balaban J connectivity index is 2.33. The maximum atomic E-state index is 9.29. The second kappa shape index (κ2) is 2.25. The summed E-state index contributed by atoms with van der Waals surface area (Å²) in [6.45, 7) is 7.55. The van der Waals surface area contributed by atoms with E-state index in [0.29, 0.717) is 23.4 Å². The minimum Gasteiger partial charge on any atom is -0.396 e. The zero-order valence-corrected chi connectivity index (χ0v) is 8.43. The van der Waals surface area contributed by atoms with E-state index in [-0.39, 0.29) is 0 Å². The molecule has 0 saturated heterocycles. The standard InChI is InChI=1S/C11H20O/c1-10(2)8-4-5-11(10,3)9(6-8)7-12/h8-9,12H,4-7H2,1-3H3/t8?,9-,11?/m1/s1. The van der Waals surface area contributed by atoms with Crippen molar-refractivity contribution < 1.29 is 5.11 Å². The maximum Gasteiger partial charge on any atom is 0.0464 e. The SMILES string of the molecule is CC1(C)C2CCC1(C)[C@@H](CO)C2. The minimum absolute atomic E-state index is 0.399. The molecule has 2 bridgehead atoms. The summed E-state index contributed by atoms with van der Waals surface area (Å²) in [7, 11) is 0. The fourth-order valence-corrected chi connectivity index (χ4v) is 3.65.